The predicted molar refractivity (Wildman–Crippen MR) is 128 cm³/mol. The summed E-state index contributed by atoms with van der Waals surface area (Å²) in [5.74, 6) is -2.45. The number of carbonyl (C=O) groups is 3. The van der Waals surface area contributed by atoms with Gasteiger partial charge in [0.2, 0.25) is 0 Å². The molecule has 0 bridgehead atoms. The molecule has 0 spiro atoms. The highest BCUT2D eigenvalue weighted by atomic mass is 16.5. The number of ether oxygens (including phenoxy) is 1. The molecule has 0 aromatic rings. The monoisotopic (exact) mass is 472 g/mol. The van der Waals surface area contributed by atoms with Gasteiger partial charge in [0.15, 0.2) is 0 Å². The largest absolute Gasteiger partial charge is 0.481 e. The predicted octanol–water partition coefficient (Wildman–Crippen LogP) is 4.63. The maximum Gasteiger partial charge on any atom is 0.305 e. The normalized spacial score (nSPS) is 11.8. The van der Waals surface area contributed by atoms with Crippen molar-refractivity contribution in [2.75, 3.05) is 13.2 Å². The van der Waals surface area contributed by atoms with E-state index >= 15 is 0 Å². The fourth-order valence-electron chi connectivity index (χ4n) is 2.61. The topological polar surface area (TPSA) is 141 Å². The van der Waals surface area contributed by atoms with Crippen LogP contribution in [0.5, 0.6) is 0 Å². The Morgan fingerprint density at radius 3 is 1.79 bits per heavy atom. The van der Waals surface area contributed by atoms with Gasteiger partial charge in [-0.15, -0.1) is 0 Å². The van der Waals surface area contributed by atoms with Crippen molar-refractivity contribution >= 4 is 17.9 Å². The van der Waals surface area contributed by atoms with E-state index in [-0.39, 0.29) is 32.0 Å². The molecule has 0 fully saturated rings. The van der Waals surface area contributed by atoms with E-state index in [9.17, 15) is 14.4 Å². The molecule has 0 aromatic heterocycles. The van der Waals surface area contributed by atoms with Crippen LogP contribution in [-0.4, -0.2) is 57.7 Å². The highest BCUT2D eigenvalue weighted by Crippen LogP contribution is 2.08. The van der Waals surface area contributed by atoms with Gasteiger partial charge in [0.05, 0.1) is 19.4 Å². The average Bonchev–Trinajstić information content (AvgIpc) is 2.79. The zero-order valence-corrected chi connectivity index (χ0v) is 20.1. The van der Waals surface area contributed by atoms with Crippen LogP contribution < -0.4 is 0 Å². The maximum absolute atomic E-state index is 11.4. The highest BCUT2D eigenvalue weighted by molar-refractivity contribution is 5.75. The minimum Gasteiger partial charge on any atom is -0.481 e. The molecule has 0 saturated carbocycles. The Kier molecular flexibility index (Phi) is 26.1. The van der Waals surface area contributed by atoms with Crippen molar-refractivity contribution in [1.29, 1.82) is 0 Å². The molecular weight excluding hydrogens is 428 g/mol. The van der Waals surface area contributed by atoms with Gasteiger partial charge in [0.1, 0.15) is 12.7 Å². The second-order valence-corrected chi connectivity index (χ2v) is 7.79. The van der Waals surface area contributed by atoms with E-state index in [0.717, 1.165) is 32.1 Å². The average molecular weight is 473 g/mol. The molecule has 33 heavy (non-hydrogen) atoms. The molecule has 0 radical (unpaired) electrons. The molecule has 0 aliphatic carbocycles. The molecule has 8 nitrogen and oxygen atoms in total. The molecule has 1 unspecified atom stereocenters. The van der Waals surface area contributed by atoms with Crippen LogP contribution in [-0.2, 0) is 19.1 Å². The van der Waals surface area contributed by atoms with Crippen LogP contribution in [0.15, 0.2) is 24.3 Å². The Morgan fingerprint density at radius 2 is 1.27 bits per heavy atom. The number of esters is 1. The van der Waals surface area contributed by atoms with Crippen molar-refractivity contribution in [3.63, 3.8) is 0 Å². The van der Waals surface area contributed by atoms with Crippen LogP contribution in [0.25, 0.3) is 0 Å². The summed E-state index contributed by atoms with van der Waals surface area (Å²) in [7, 11) is 0. The third kappa shape index (κ3) is 32.1. The van der Waals surface area contributed by atoms with Crippen molar-refractivity contribution in [3.8, 4) is 0 Å². The lowest BCUT2D eigenvalue weighted by molar-refractivity contribution is -0.147. The molecule has 192 valence electrons. The zero-order chi connectivity index (χ0) is 25.2. The van der Waals surface area contributed by atoms with Crippen molar-refractivity contribution in [1.82, 2.24) is 0 Å². The molecule has 0 aliphatic rings. The Labute approximate surface area is 198 Å². The first-order valence-electron chi connectivity index (χ1n) is 12.0. The summed E-state index contributed by atoms with van der Waals surface area (Å²) in [4.78, 5) is 30.6. The molecule has 0 amide bonds. The SMILES string of the molecule is CCCCC/C=C\C/C=C\CCCCCCCC(=O)OCC(O)CO.O=C(O)CCC(=O)O. The fraction of sp³-hybridized carbons (Fsp3) is 0.720. The summed E-state index contributed by atoms with van der Waals surface area (Å²) in [6.45, 7) is 1.74. The van der Waals surface area contributed by atoms with Gasteiger partial charge in [-0.3, -0.25) is 14.4 Å². The lowest BCUT2D eigenvalue weighted by atomic mass is 10.1. The van der Waals surface area contributed by atoms with Gasteiger partial charge in [-0.2, -0.15) is 0 Å². The summed E-state index contributed by atoms with van der Waals surface area (Å²) < 4.78 is 4.85. The second kappa shape index (κ2) is 26.1. The molecule has 0 saturated heterocycles. The Morgan fingerprint density at radius 1 is 0.758 bits per heavy atom. The minimum absolute atomic E-state index is 0.115. The van der Waals surface area contributed by atoms with Gasteiger partial charge in [0, 0.05) is 6.42 Å². The Balaban J connectivity index is 0. The second-order valence-electron chi connectivity index (χ2n) is 7.79. The van der Waals surface area contributed by atoms with Gasteiger partial charge in [-0.05, 0) is 38.5 Å². The fourth-order valence-corrected chi connectivity index (χ4v) is 2.61. The van der Waals surface area contributed by atoms with Gasteiger partial charge in [-0.25, -0.2) is 0 Å². The smallest absolute Gasteiger partial charge is 0.305 e. The molecule has 1 atom stereocenters. The quantitative estimate of drug-likeness (QED) is 0.114. The third-order valence-corrected chi connectivity index (χ3v) is 4.53. The van der Waals surface area contributed by atoms with Crippen LogP contribution in [0.2, 0.25) is 0 Å². The number of aliphatic hydroxyl groups excluding tert-OH is 2. The third-order valence-electron chi connectivity index (χ3n) is 4.53. The standard InChI is InChI=1S/C21H38O4.C4H6O4/c1-2-3-4-5-6-7-8-9-10-11-12-13-14-15-16-17-21(24)25-19-20(23)18-22;5-3(6)1-2-4(7)8/h6-7,9-10,20,22-23H,2-5,8,11-19H2,1H3;1-2H2,(H,5,6)(H,7,8)/b7-6-,10-9-;. The Bertz CT molecular complexity index is 529. The van der Waals surface area contributed by atoms with Gasteiger partial charge in [0.25, 0.3) is 0 Å². The van der Waals surface area contributed by atoms with E-state index in [1.165, 1.54) is 38.5 Å². The van der Waals surface area contributed by atoms with Gasteiger partial charge in [-0.1, -0.05) is 63.3 Å². The van der Waals surface area contributed by atoms with Gasteiger partial charge >= 0.3 is 17.9 Å². The lowest BCUT2D eigenvalue weighted by Gasteiger charge is -2.08. The van der Waals surface area contributed by atoms with Crippen molar-refractivity contribution < 1.29 is 39.5 Å². The van der Waals surface area contributed by atoms with E-state index in [4.69, 9.17) is 25.2 Å². The number of unbranched alkanes of at least 4 members (excludes halogenated alkanes) is 8. The summed E-state index contributed by atoms with van der Waals surface area (Å²) in [6.07, 6.45) is 20.6. The van der Waals surface area contributed by atoms with Crippen LogP contribution in [0.4, 0.5) is 0 Å². The van der Waals surface area contributed by atoms with Crippen LogP contribution >= 0.6 is 0 Å². The number of aliphatic carboxylic acids is 2. The van der Waals surface area contributed by atoms with Crippen molar-refractivity contribution in [2.24, 2.45) is 0 Å². The zero-order valence-electron chi connectivity index (χ0n) is 20.1. The molecule has 8 heteroatoms. The minimum atomic E-state index is -1.08. The number of carboxylic acid groups (broad SMARTS) is 2. The van der Waals surface area contributed by atoms with E-state index in [1.54, 1.807) is 0 Å². The van der Waals surface area contributed by atoms with Crippen LogP contribution in [0.3, 0.4) is 0 Å². The van der Waals surface area contributed by atoms with Crippen LogP contribution in [0, 0.1) is 0 Å². The molecule has 0 heterocycles. The van der Waals surface area contributed by atoms with Crippen molar-refractivity contribution in [3.05, 3.63) is 24.3 Å². The molecule has 0 aliphatic heterocycles. The molecule has 0 aromatic carbocycles. The van der Waals surface area contributed by atoms with E-state index in [1.807, 2.05) is 0 Å². The number of carboxylic acids is 2. The number of rotatable bonds is 20. The number of hydrogen-bond donors (Lipinski definition) is 4. The maximum atomic E-state index is 11.4. The van der Waals surface area contributed by atoms with Gasteiger partial charge < -0.3 is 25.2 Å². The summed E-state index contributed by atoms with van der Waals surface area (Å²) in [5.41, 5.74) is 0. The summed E-state index contributed by atoms with van der Waals surface area (Å²) in [6, 6.07) is 0. The number of carbonyl (C=O) groups excluding carboxylic acids is 1. The first kappa shape index (κ1) is 33.0. The highest BCUT2D eigenvalue weighted by Gasteiger charge is 2.07. The summed E-state index contributed by atoms with van der Waals surface area (Å²) in [5, 5.41) is 33.5. The van der Waals surface area contributed by atoms with E-state index in [0.29, 0.717) is 6.42 Å². The molecular formula is C25H44O8. The van der Waals surface area contributed by atoms with E-state index in [2.05, 4.69) is 31.2 Å². The number of aliphatic hydroxyl groups is 2. The van der Waals surface area contributed by atoms with Crippen molar-refractivity contribution in [2.45, 2.75) is 103 Å². The number of hydrogen-bond acceptors (Lipinski definition) is 6. The molecule has 4 N–H and O–H groups in total. The van der Waals surface area contributed by atoms with E-state index < -0.39 is 18.0 Å². The summed E-state index contributed by atoms with van der Waals surface area (Å²) >= 11 is 0. The first-order chi connectivity index (χ1) is 15.8. The Hall–Kier alpha value is -2.19. The number of allylic oxidation sites excluding steroid dienone is 4. The first-order valence-corrected chi connectivity index (χ1v) is 12.0. The van der Waals surface area contributed by atoms with Crippen LogP contribution in [0.1, 0.15) is 96.8 Å². The molecule has 0 rings (SSSR count). The lowest BCUT2D eigenvalue weighted by Crippen LogP contribution is -2.21.